The number of amides is 2. The second kappa shape index (κ2) is 7.69. The third kappa shape index (κ3) is 3.71. The molecule has 24 heavy (non-hydrogen) atoms. The topological polar surface area (TPSA) is 58.6 Å². The maximum Gasteiger partial charge on any atom is 0.243 e. The van der Waals surface area contributed by atoms with Crippen molar-refractivity contribution in [3.8, 4) is 5.75 Å². The van der Waals surface area contributed by atoms with Crippen molar-refractivity contribution < 1.29 is 14.3 Å². The molecule has 0 bridgehead atoms. The van der Waals surface area contributed by atoms with Crippen LogP contribution in [0.1, 0.15) is 51.4 Å². The Morgan fingerprint density at radius 2 is 1.75 bits per heavy atom. The van der Waals surface area contributed by atoms with Crippen molar-refractivity contribution in [2.45, 2.75) is 63.5 Å². The maximum absolute atomic E-state index is 12.7. The molecule has 0 spiro atoms. The Kier molecular flexibility index (Phi) is 5.38. The average molecular weight is 330 g/mol. The summed E-state index contributed by atoms with van der Waals surface area (Å²) in [6.45, 7) is 0. The van der Waals surface area contributed by atoms with Crippen molar-refractivity contribution in [2.75, 3.05) is 12.0 Å². The predicted molar refractivity (Wildman–Crippen MR) is 93.1 cm³/mol. The SMILES string of the molecule is COc1ccc(N2C(=O)CCC2C(=O)NC2CCCCCC2)cc1. The molecule has 5 heteroatoms. The van der Waals surface area contributed by atoms with Crippen LogP contribution in [0.25, 0.3) is 0 Å². The maximum atomic E-state index is 12.7. The molecule has 2 aliphatic rings. The van der Waals surface area contributed by atoms with Crippen LogP contribution in [0.5, 0.6) is 5.75 Å². The predicted octanol–water partition coefficient (Wildman–Crippen LogP) is 3.03. The van der Waals surface area contributed by atoms with Crippen LogP contribution in [0.15, 0.2) is 24.3 Å². The largest absolute Gasteiger partial charge is 0.497 e. The van der Waals surface area contributed by atoms with Crippen LogP contribution in [0.4, 0.5) is 5.69 Å². The van der Waals surface area contributed by atoms with E-state index in [0.717, 1.165) is 24.3 Å². The first-order chi connectivity index (χ1) is 11.7. The minimum Gasteiger partial charge on any atom is -0.497 e. The lowest BCUT2D eigenvalue weighted by Gasteiger charge is -2.26. The van der Waals surface area contributed by atoms with Gasteiger partial charge >= 0.3 is 0 Å². The Hall–Kier alpha value is -2.04. The monoisotopic (exact) mass is 330 g/mol. The molecule has 1 aliphatic carbocycles. The molecule has 0 aromatic heterocycles. The molecule has 5 nitrogen and oxygen atoms in total. The van der Waals surface area contributed by atoms with Crippen LogP contribution < -0.4 is 15.0 Å². The van der Waals surface area contributed by atoms with Gasteiger partial charge in [-0.05, 0) is 43.5 Å². The van der Waals surface area contributed by atoms with Crippen LogP contribution in [0.2, 0.25) is 0 Å². The molecule has 3 rings (SSSR count). The van der Waals surface area contributed by atoms with Crippen LogP contribution in [0.3, 0.4) is 0 Å². The fraction of sp³-hybridized carbons (Fsp3) is 0.579. The van der Waals surface area contributed by atoms with Gasteiger partial charge in [0.25, 0.3) is 0 Å². The summed E-state index contributed by atoms with van der Waals surface area (Å²) in [5, 5.41) is 3.19. The molecule has 0 radical (unpaired) electrons. The van der Waals surface area contributed by atoms with E-state index in [0.29, 0.717) is 12.8 Å². The average Bonchev–Trinajstić information content (AvgIpc) is 2.81. The zero-order valence-corrected chi connectivity index (χ0v) is 14.3. The number of anilines is 1. The van der Waals surface area contributed by atoms with Crippen molar-refractivity contribution in [1.82, 2.24) is 5.32 Å². The van der Waals surface area contributed by atoms with Gasteiger partial charge in [-0.2, -0.15) is 0 Å². The second-order valence-electron chi connectivity index (χ2n) is 6.71. The number of rotatable bonds is 4. The quantitative estimate of drug-likeness (QED) is 0.863. The van der Waals surface area contributed by atoms with Gasteiger partial charge in [0.05, 0.1) is 7.11 Å². The highest BCUT2D eigenvalue weighted by molar-refractivity contribution is 6.03. The van der Waals surface area contributed by atoms with Gasteiger partial charge in [0.1, 0.15) is 11.8 Å². The summed E-state index contributed by atoms with van der Waals surface area (Å²) >= 11 is 0. The molecule has 1 saturated carbocycles. The highest BCUT2D eigenvalue weighted by Gasteiger charge is 2.37. The van der Waals surface area contributed by atoms with E-state index >= 15 is 0 Å². The number of carbonyl (C=O) groups excluding carboxylic acids is 2. The number of ether oxygens (including phenoxy) is 1. The minimum absolute atomic E-state index is 0.0106. The van der Waals surface area contributed by atoms with E-state index in [9.17, 15) is 9.59 Å². The van der Waals surface area contributed by atoms with Gasteiger partial charge in [-0.15, -0.1) is 0 Å². The first kappa shape index (κ1) is 16.8. The summed E-state index contributed by atoms with van der Waals surface area (Å²) in [6.07, 6.45) is 7.98. The van der Waals surface area contributed by atoms with E-state index in [1.807, 2.05) is 24.3 Å². The number of nitrogens with one attached hydrogen (secondary N) is 1. The fourth-order valence-electron chi connectivity index (χ4n) is 3.72. The van der Waals surface area contributed by atoms with Crippen molar-refractivity contribution in [2.24, 2.45) is 0 Å². The number of hydrogen-bond acceptors (Lipinski definition) is 3. The zero-order chi connectivity index (χ0) is 16.9. The molecule has 1 aromatic rings. The van der Waals surface area contributed by atoms with E-state index in [1.165, 1.54) is 25.7 Å². The molecule has 1 aliphatic heterocycles. The molecule has 2 amide bonds. The van der Waals surface area contributed by atoms with Crippen LogP contribution in [0, 0.1) is 0 Å². The zero-order valence-electron chi connectivity index (χ0n) is 14.3. The normalized spacial score (nSPS) is 22.3. The van der Waals surface area contributed by atoms with Crippen LogP contribution >= 0.6 is 0 Å². The summed E-state index contributed by atoms with van der Waals surface area (Å²) in [4.78, 5) is 26.7. The van der Waals surface area contributed by atoms with Gasteiger partial charge in [-0.25, -0.2) is 0 Å². The number of benzene rings is 1. The van der Waals surface area contributed by atoms with Crippen molar-refractivity contribution in [3.63, 3.8) is 0 Å². The van der Waals surface area contributed by atoms with Gasteiger partial charge in [0, 0.05) is 18.2 Å². The Labute approximate surface area is 143 Å². The van der Waals surface area contributed by atoms with Gasteiger partial charge < -0.3 is 10.1 Å². The van der Waals surface area contributed by atoms with Crippen molar-refractivity contribution >= 4 is 17.5 Å². The summed E-state index contributed by atoms with van der Waals surface area (Å²) in [5.74, 6) is 0.745. The van der Waals surface area contributed by atoms with Gasteiger partial charge in [0.15, 0.2) is 0 Å². The van der Waals surface area contributed by atoms with Crippen molar-refractivity contribution in [1.29, 1.82) is 0 Å². The van der Waals surface area contributed by atoms with Gasteiger partial charge in [0.2, 0.25) is 11.8 Å². The lowest BCUT2D eigenvalue weighted by Crippen LogP contribution is -2.48. The van der Waals surface area contributed by atoms with E-state index < -0.39 is 6.04 Å². The molecule has 1 N–H and O–H groups in total. The Morgan fingerprint density at radius 3 is 2.38 bits per heavy atom. The van der Waals surface area contributed by atoms with E-state index in [2.05, 4.69) is 5.32 Å². The number of carbonyl (C=O) groups is 2. The molecule has 1 saturated heterocycles. The molecule has 1 unspecified atom stereocenters. The van der Waals surface area contributed by atoms with E-state index in [4.69, 9.17) is 4.74 Å². The lowest BCUT2D eigenvalue weighted by atomic mass is 10.1. The Balaban J connectivity index is 1.70. The van der Waals surface area contributed by atoms with Crippen LogP contribution in [-0.4, -0.2) is 31.0 Å². The van der Waals surface area contributed by atoms with Crippen molar-refractivity contribution in [3.05, 3.63) is 24.3 Å². The summed E-state index contributed by atoms with van der Waals surface area (Å²) < 4.78 is 5.16. The standard InChI is InChI=1S/C19H26N2O3/c1-24-16-10-8-15(9-11-16)21-17(12-13-18(21)22)19(23)20-14-6-4-2-3-5-7-14/h8-11,14,17H,2-7,12-13H2,1H3,(H,20,23). The van der Waals surface area contributed by atoms with E-state index in [-0.39, 0.29) is 17.9 Å². The van der Waals surface area contributed by atoms with Crippen LogP contribution in [-0.2, 0) is 9.59 Å². The first-order valence-electron chi connectivity index (χ1n) is 8.95. The summed E-state index contributed by atoms with van der Waals surface area (Å²) in [5.41, 5.74) is 0.763. The number of methoxy groups -OCH3 is 1. The molecular formula is C19H26N2O3. The molecule has 130 valence electrons. The number of nitrogens with zero attached hydrogens (tertiary/aromatic N) is 1. The summed E-state index contributed by atoms with van der Waals surface area (Å²) in [6, 6.07) is 7.19. The highest BCUT2D eigenvalue weighted by Crippen LogP contribution is 2.29. The smallest absolute Gasteiger partial charge is 0.243 e. The third-order valence-corrected chi connectivity index (χ3v) is 5.07. The molecule has 2 fully saturated rings. The Bertz CT molecular complexity index is 577. The highest BCUT2D eigenvalue weighted by atomic mass is 16.5. The lowest BCUT2D eigenvalue weighted by molar-refractivity contribution is -0.124. The van der Waals surface area contributed by atoms with E-state index in [1.54, 1.807) is 12.0 Å². The summed E-state index contributed by atoms with van der Waals surface area (Å²) in [7, 11) is 1.61. The first-order valence-corrected chi connectivity index (χ1v) is 8.95. The second-order valence-corrected chi connectivity index (χ2v) is 6.71. The van der Waals surface area contributed by atoms with Gasteiger partial charge in [-0.1, -0.05) is 25.7 Å². The minimum atomic E-state index is -0.394. The Morgan fingerprint density at radius 1 is 1.08 bits per heavy atom. The molecule has 1 heterocycles. The fourth-order valence-corrected chi connectivity index (χ4v) is 3.72. The third-order valence-electron chi connectivity index (χ3n) is 5.07. The molecule has 1 atom stereocenters. The molecule has 1 aromatic carbocycles. The number of hydrogen-bond donors (Lipinski definition) is 1. The molecular weight excluding hydrogens is 304 g/mol. The van der Waals surface area contributed by atoms with Gasteiger partial charge in [-0.3, -0.25) is 14.5 Å².